The molecule has 3 N–H and O–H groups in total. The average molecular weight is 412 g/mol. The second-order valence-electron chi connectivity index (χ2n) is 7.32. The highest BCUT2D eigenvalue weighted by Crippen LogP contribution is 2.25. The van der Waals surface area contributed by atoms with Crippen LogP contribution in [0.3, 0.4) is 0 Å². The normalized spacial score (nSPS) is 10.3. The lowest BCUT2D eigenvalue weighted by atomic mass is 10.1. The number of benzene rings is 2. The fourth-order valence-corrected chi connectivity index (χ4v) is 3.24. The molecule has 0 bridgehead atoms. The molecule has 158 valence electrons. The van der Waals surface area contributed by atoms with Crippen molar-refractivity contribution in [2.24, 2.45) is 0 Å². The molecule has 5 heteroatoms. The van der Waals surface area contributed by atoms with E-state index in [0.717, 1.165) is 47.0 Å². The van der Waals surface area contributed by atoms with Gasteiger partial charge >= 0.3 is 0 Å². The number of pyridine rings is 1. The van der Waals surface area contributed by atoms with Crippen LogP contribution in [0.4, 0.5) is 17.1 Å². The molecule has 0 unspecified atom stereocenters. The summed E-state index contributed by atoms with van der Waals surface area (Å²) in [5.41, 5.74) is 7.30. The second kappa shape index (κ2) is 10.3. The highest BCUT2D eigenvalue weighted by molar-refractivity contribution is 5.79. The van der Waals surface area contributed by atoms with Gasteiger partial charge in [-0.2, -0.15) is 0 Å². The monoisotopic (exact) mass is 411 g/mol. The summed E-state index contributed by atoms with van der Waals surface area (Å²) in [7, 11) is 0. The van der Waals surface area contributed by atoms with Gasteiger partial charge in [0.05, 0.1) is 17.7 Å². The molecule has 1 heterocycles. The molecule has 2 aromatic carbocycles. The van der Waals surface area contributed by atoms with Crippen LogP contribution in [0.1, 0.15) is 30.2 Å². The SMILES string of the molecule is C=C(Nc1cccc(C(=C)N(C=N)CCC)c1)c1cc(Nc2ccccc2C)ccn1. The zero-order valence-corrected chi connectivity index (χ0v) is 18.2. The van der Waals surface area contributed by atoms with E-state index in [4.69, 9.17) is 5.41 Å². The quantitative estimate of drug-likeness (QED) is 0.263. The molecule has 0 fully saturated rings. The summed E-state index contributed by atoms with van der Waals surface area (Å²) in [6.45, 7) is 13.2. The van der Waals surface area contributed by atoms with Crippen LogP contribution in [0, 0.1) is 12.3 Å². The Morgan fingerprint density at radius 3 is 2.61 bits per heavy atom. The fourth-order valence-electron chi connectivity index (χ4n) is 3.24. The zero-order chi connectivity index (χ0) is 22.2. The molecule has 3 aromatic rings. The minimum atomic E-state index is 0.702. The summed E-state index contributed by atoms with van der Waals surface area (Å²) in [6.07, 6.45) is 4.04. The summed E-state index contributed by atoms with van der Waals surface area (Å²) in [6, 6.07) is 20.0. The third-order valence-electron chi connectivity index (χ3n) is 4.95. The first-order chi connectivity index (χ1) is 15.0. The van der Waals surface area contributed by atoms with Gasteiger partial charge in [0.25, 0.3) is 0 Å². The molecule has 0 amide bonds. The van der Waals surface area contributed by atoms with Gasteiger partial charge in [-0.3, -0.25) is 10.4 Å². The molecule has 0 aliphatic carbocycles. The maximum atomic E-state index is 7.63. The number of anilines is 3. The number of hydrogen-bond acceptors (Lipinski definition) is 4. The maximum absolute atomic E-state index is 7.63. The summed E-state index contributed by atoms with van der Waals surface area (Å²) < 4.78 is 0. The van der Waals surface area contributed by atoms with Crippen molar-refractivity contribution in [3.05, 3.63) is 96.8 Å². The summed E-state index contributed by atoms with van der Waals surface area (Å²) in [5, 5.41) is 14.4. The Bertz CT molecular complexity index is 1090. The Labute approximate surface area is 184 Å². The Hall–Kier alpha value is -3.86. The van der Waals surface area contributed by atoms with Crippen molar-refractivity contribution < 1.29 is 0 Å². The van der Waals surface area contributed by atoms with Gasteiger partial charge in [-0.15, -0.1) is 0 Å². The topological polar surface area (TPSA) is 64.0 Å². The first-order valence-corrected chi connectivity index (χ1v) is 10.3. The van der Waals surface area contributed by atoms with Crippen LogP contribution < -0.4 is 10.6 Å². The van der Waals surface area contributed by atoms with Gasteiger partial charge in [0.2, 0.25) is 0 Å². The molecule has 3 rings (SSSR count). The highest BCUT2D eigenvalue weighted by atomic mass is 15.1. The van der Waals surface area contributed by atoms with Crippen molar-refractivity contribution in [3.63, 3.8) is 0 Å². The molecule has 0 radical (unpaired) electrons. The minimum absolute atomic E-state index is 0.702. The van der Waals surface area contributed by atoms with E-state index in [2.05, 4.69) is 54.8 Å². The number of nitrogens with zero attached hydrogens (tertiary/aromatic N) is 2. The van der Waals surface area contributed by atoms with Gasteiger partial charge in [0.15, 0.2) is 0 Å². The van der Waals surface area contributed by atoms with Crippen LogP contribution in [0.25, 0.3) is 11.4 Å². The van der Waals surface area contributed by atoms with Crippen LogP contribution in [0.5, 0.6) is 0 Å². The van der Waals surface area contributed by atoms with Crippen LogP contribution >= 0.6 is 0 Å². The number of aromatic nitrogens is 1. The summed E-state index contributed by atoms with van der Waals surface area (Å²) >= 11 is 0. The van der Waals surface area contributed by atoms with Crippen molar-refractivity contribution >= 4 is 34.8 Å². The number of nitrogens with one attached hydrogen (secondary N) is 3. The van der Waals surface area contributed by atoms with Crippen molar-refractivity contribution in [2.45, 2.75) is 20.3 Å². The molecule has 31 heavy (non-hydrogen) atoms. The van der Waals surface area contributed by atoms with E-state index in [-0.39, 0.29) is 0 Å². The van der Waals surface area contributed by atoms with Crippen molar-refractivity contribution in [1.29, 1.82) is 5.41 Å². The lowest BCUT2D eigenvalue weighted by molar-refractivity contribution is 0.584. The molecule has 0 aliphatic rings. The fraction of sp³-hybridized carbons (Fsp3) is 0.154. The first-order valence-electron chi connectivity index (χ1n) is 10.3. The van der Waals surface area contributed by atoms with E-state index in [0.29, 0.717) is 5.70 Å². The largest absolute Gasteiger partial charge is 0.355 e. The van der Waals surface area contributed by atoms with E-state index >= 15 is 0 Å². The molecule has 0 saturated carbocycles. The Morgan fingerprint density at radius 1 is 1.06 bits per heavy atom. The molecule has 0 spiro atoms. The molecule has 0 atom stereocenters. The van der Waals surface area contributed by atoms with Crippen LogP contribution in [-0.2, 0) is 0 Å². The second-order valence-corrected chi connectivity index (χ2v) is 7.32. The zero-order valence-electron chi connectivity index (χ0n) is 18.2. The number of aryl methyl sites for hydroxylation is 1. The van der Waals surface area contributed by atoms with Crippen molar-refractivity contribution in [3.8, 4) is 0 Å². The third-order valence-corrected chi connectivity index (χ3v) is 4.95. The first kappa shape index (κ1) is 21.8. The predicted octanol–water partition coefficient (Wildman–Crippen LogP) is 6.51. The number of hydrogen-bond donors (Lipinski definition) is 3. The van der Waals surface area contributed by atoms with Crippen LogP contribution in [0.15, 0.2) is 80.0 Å². The van der Waals surface area contributed by atoms with E-state index in [1.807, 2.05) is 53.4 Å². The van der Waals surface area contributed by atoms with Gasteiger partial charge in [-0.25, -0.2) is 0 Å². The van der Waals surface area contributed by atoms with Crippen LogP contribution in [0.2, 0.25) is 0 Å². The van der Waals surface area contributed by atoms with Gasteiger partial charge in [0.1, 0.15) is 0 Å². The van der Waals surface area contributed by atoms with E-state index in [9.17, 15) is 0 Å². The van der Waals surface area contributed by atoms with Gasteiger partial charge < -0.3 is 15.5 Å². The summed E-state index contributed by atoms with van der Waals surface area (Å²) in [4.78, 5) is 6.31. The van der Waals surface area contributed by atoms with Gasteiger partial charge in [0, 0.05) is 35.5 Å². The van der Waals surface area contributed by atoms with E-state index < -0.39 is 0 Å². The standard InChI is InChI=1S/C26H29N5/c1-5-15-31(18-27)21(4)22-10-8-11-23(16-22)29-20(3)26-17-24(13-14-28-26)30-25-12-7-6-9-19(25)2/h6-14,16-18,27,29H,3-5,15H2,1-2H3,(H,28,30). The predicted molar refractivity (Wildman–Crippen MR) is 133 cm³/mol. The Morgan fingerprint density at radius 2 is 1.87 bits per heavy atom. The molecule has 1 aromatic heterocycles. The number of para-hydroxylation sites is 1. The van der Waals surface area contributed by atoms with Crippen molar-refractivity contribution in [1.82, 2.24) is 9.88 Å². The van der Waals surface area contributed by atoms with E-state index in [1.165, 1.54) is 11.9 Å². The molecule has 0 saturated heterocycles. The average Bonchev–Trinajstić information content (AvgIpc) is 2.79. The molecular formula is C26H29N5. The van der Waals surface area contributed by atoms with Gasteiger partial charge in [-0.05, 0) is 54.8 Å². The maximum Gasteiger partial charge on any atom is 0.0878 e. The molecule has 5 nitrogen and oxygen atoms in total. The van der Waals surface area contributed by atoms with E-state index in [1.54, 1.807) is 6.20 Å². The lowest BCUT2D eigenvalue weighted by Gasteiger charge is -2.21. The van der Waals surface area contributed by atoms with Gasteiger partial charge in [-0.1, -0.05) is 50.4 Å². The Kier molecular flexibility index (Phi) is 7.22. The minimum Gasteiger partial charge on any atom is -0.355 e. The highest BCUT2D eigenvalue weighted by Gasteiger charge is 2.09. The Balaban J connectivity index is 1.74. The summed E-state index contributed by atoms with van der Waals surface area (Å²) in [5.74, 6) is 0. The number of rotatable bonds is 10. The van der Waals surface area contributed by atoms with Crippen LogP contribution in [-0.4, -0.2) is 22.8 Å². The molecule has 0 aliphatic heterocycles. The smallest absolute Gasteiger partial charge is 0.0878 e. The lowest BCUT2D eigenvalue weighted by Crippen LogP contribution is -2.20. The third kappa shape index (κ3) is 5.60. The van der Waals surface area contributed by atoms with Crippen molar-refractivity contribution in [2.75, 3.05) is 17.2 Å². The molecular weight excluding hydrogens is 382 g/mol.